The van der Waals surface area contributed by atoms with Gasteiger partial charge in [-0.15, -0.1) is 0 Å². The molecule has 0 amide bonds. The van der Waals surface area contributed by atoms with Crippen molar-refractivity contribution < 1.29 is 4.74 Å². The average Bonchev–Trinajstić information content (AvgIpc) is 2.48. The lowest BCUT2D eigenvalue weighted by molar-refractivity contribution is 0.208. The molecule has 1 saturated heterocycles. The van der Waals surface area contributed by atoms with Crippen LogP contribution in [0.2, 0.25) is 0 Å². The Balaban J connectivity index is 1.90. The lowest BCUT2D eigenvalue weighted by atomic mass is 9.92. The summed E-state index contributed by atoms with van der Waals surface area (Å²) in [6.45, 7) is 11.5. The summed E-state index contributed by atoms with van der Waals surface area (Å²) < 4.78 is 5.57. The molecule has 23 heavy (non-hydrogen) atoms. The molecule has 2 atom stereocenters. The van der Waals surface area contributed by atoms with E-state index >= 15 is 0 Å². The van der Waals surface area contributed by atoms with Gasteiger partial charge in [0.25, 0.3) is 0 Å². The Bertz CT molecular complexity index is 502. The maximum Gasteiger partial charge on any atom is 0.213 e. The van der Waals surface area contributed by atoms with Crippen LogP contribution in [0.3, 0.4) is 0 Å². The standard InChI is InChI=1S/C18H30N4O/c1-13(2)23-17-7-6-16(9-20-17)10-21-18(19-5)22-11-14(3)8-15(4)12-22/h6-7,9,13-15H,8,10-12H2,1-5H3,(H,19,21). The van der Waals surface area contributed by atoms with Gasteiger partial charge in [-0.2, -0.15) is 0 Å². The number of nitrogens with zero attached hydrogens (tertiary/aromatic N) is 3. The highest BCUT2D eigenvalue weighted by Gasteiger charge is 2.23. The lowest BCUT2D eigenvalue weighted by Crippen LogP contribution is -2.48. The van der Waals surface area contributed by atoms with Crippen molar-refractivity contribution >= 4 is 5.96 Å². The molecule has 0 radical (unpaired) electrons. The highest BCUT2D eigenvalue weighted by molar-refractivity contribution is 5.80. The van der Waals surface area contributed by atoms with Crippen LogP contribution in [-0.2, 0) is 6.54 Å². The number of pyridine rings is 1. The molecular weight excluding hydrogens is 288 g/mol. The van der Waals surface area contributed by atoms with Crippen LogP contribution in [-0.4, -0.2) is 42.1 Å². The summed E-state index contributed by atoms with van der Waals surface area (Å²) in [6, 6.07) is 3.97. The number of piperidine rings is 1. The molecular formula is C18H30N4O. The van der Waals surface area contributed by atoms with Crippen LogP contribution in [0.5, 0.6) is 5.88 Å². The first kappa shape index (κ1) is 17.6. The number of rotatable bonds is 4. The van der Waals surface area contributed by atoms with Crippen molar-refractivity contribution in [2.75, 3.05) is 20.1 Å². The first-order chi connectivity index (χ1) is 11.0. The molecule has 0 saturated carbocycles. The van der Waals surface area contributed by atoms with Gasteiger partial charge in [-0.1, -0.05) is 19.9 Å². The second-order valence-corrected chi connectivity index (χ2v) is 6.92. The fraction of sp³-hybridized carbons (Fsp3) is 0.667. The van der Waals surface area contributed by atoms with E-state index in [2.05, 4.69) is 34.0 Å². The topological polar surface area (TPSA) is 49.8 Å². The second-order valence-electron chi connectivity index (χ2n) is 6.92. The molecule has 2 heterocycles. The summed E-state index contributed by atoms with van der Waals surface area (Å²) in [5.41, 5.74) is 1.13. The van der Waals surface area contributed by atoms with Crippen LogP contribution in [0, 0.1) is 11.8 Å². The van der Waals surface area contributed by atoms with Gasteiger partial charge in [0.2, 0.25) is 5.88 Å². The SMILES string of the molecule is CN=C(NCc1ccc(OC(C)C)nc1)N1CC(C)CC(C)C1. The van der Waals surface area contributed by atoms with E-state index in [-0.39, 0.29) is 6.10 Å². The highest BCUT2D eigenvalue weighted by atomic mass is 16.5. The zero-order chi connectivity index (χ0) is 16.8. The first-order valence-electron chi connectivity index (χ1n) is 8.55. The number of nitrogens with one attached hydrogen (secondary N) is 1. The van der Waals surface area contributed by atoms with Crippen molar-refractivity contribution in [3.8, 4) is 5.88 Å². The number of likely N-dealkylation sites (tertiary alicyclic amines) is 1. The molecule has 1 aromatic rings. The van der Waals surface area contributed by atoms with Gasteiger partial charge < -0.3 is 15.0 Å². The monoisotopic (exact) mass is 318 g/mol. The minimum absolute atomic E-state index is 0.147. The number of ether oxygens (including phenoxy) is 1. The third-order valence-electron chi connectivity index (χ3n) is 3.98. The van der Waals surface area contributed by atoms with Crippen LogP contribution in [0.4, 0.5) is 0 Å². The van der Waals surface area contributed by atoms with Crippen LogP contribution in [0.25, 0.3) is 0 Å². The van der Waals surface area contributed by atoms with E-state index in [0.29, 0.717) is 17.7 Å². The van der Waals surface area contributed by atoms with Crippen molar-refractivity contribution in [2.45, 2.75) is 46.8 Å². The normalized spacial score (nSPS) is 22.3. The summed E-state index contributed by atoms with van der Waals surface area (Å²) in [7, 11) is 1.85. The van der Waals surface area contributed by atoms with E-state index in [1.165, 1.54) is 6.42 Å². The Morgan fingerprint density at radius 2 is 2.04 bits per heavy atom. The van der Waals surface area contributed by atoms with Crippen molar-refractivity contribution in [1.82, 2.24) is 15.2 Å². The lowest BCUT2D eigenvalue weighted by Gasteiger charge is -2.37. The molecule has 0 aromatic carbocycles. The fourth-order valence-electron chi connectivity index (χ4n) is 3.18. The van der Waals surface area contributed by atoms with E-state index in [0.717, 1.165) is 31.2 Å². The predicted molar refractivity (Wildman–Crippen MR) is 94.7 cm³/mol. The smallest absolute Gasteiger partial charge is 0.213 e. The molecule has 2 rings (SSSR count). The molecule has 128 valence electrons. The van der Waals surface area contributed by atoms with Gasteiger partial charge in [0.15, 0.2) is 5.96 Å². The van der Waals surface area contributed by atoms with Crippen molar-refractivity contribution in [3.63, 3.8) is 0 Å². The predicted octanol–water partition coefficient (Wildman–Crippen LogP) is 2.92. The Morgan fingerprint density at radius 3 is 2.57 bits per heavy atom. The van der Waals surface area contributed by atoms with Crippen LogP contribution >= 0.6 is 0 Å². The number of aromatic nitrogens is 1. The van der Waals surface area contributed by atoms with Crippen LogP contribution < -0.4 is 10.1 Å². The summed E-state index contributed by atoms with van der Waals surface area (Å²) >= 11 is 0. The first-order valence-corrected chi connectivity index (χ1v) is 8.55. The molecule has 0 spiro atoms. The molecule has 5 heteroatoms. The highest BCUT2D eigenvalue weighted by Crippen LogP contribution is 2.21. The second kappa shape index (κ2) is 8.18. The Morgan fingerprint density at radius 1 is 1.35 bits per heavy atom. The summed E-state index contributed by atoms with van der Waals surface area (Å²) in [4.78, 5) is 11.1. The van der Waals surface area contributed by atoms with E-state index in [9.17, 15) is 0 Å². The Hall–Kier alpha value is -1.78. The summed E-state index contributed by atoms with van der Waals surface area (Å²) in [5.74, 6) is 3.08. The molecule has 1 aliphatic heterocycles. The van der Waals surface area contributed by atoms with Gasteiger partial charge in [0, 0.05) is 38.9 Å². The average molecular weight is 318 g/mol. The molecule has 1 fully saturated rings. The summed E-state index contributed by atoms with van der Waals surface area (Å²) in [6.07, 6.45) is 3.31. The molecule has 0 aliphatic carbocycles. The van der Waals surface area contributed by atoms with E-state index < -0.39 is 0 Å². The number of guanidine groups is 1. The van der Waals surface area contributed by atoms with Crippen LogP contribution in [0.15, 0.2) is 23.3 Å². The minimum atomic E-state index is 0.147. The van der Waals surface area contributed by atoms with E-state index in [1.54, 1.807) is 0 Å². The molecule has 5 nitrogen and oxygen atoms in total. The molecule has 1 aliphatic rings. The maximum absolute atomic E-state index is 5.57. The Labute approximate surface area is 140 Å². The van der Waals surface area contributed by atoms with Gasteiger partial charge >= 0.3 is 0 Å². The zero-order valence-electron chi connectivity index (χ0n) is 15.0. The van der Waals surface area contributed by atoms with Gasteiger partial charge in [-0.05, 0) is 37.7 Å². The van der Waals surface area contributed by atoms with Crippen LogP contribution in [0.1, 0.15) is 39.7 Å². The van der Waals surface area contributed by atoms with E-state index in [1.807, 2.05) is 39.2 Å². The minimum Gasteiger partial charge on any atom is -0.475 e. The van der Waals surface area contributed by atoms with Gasteiger partial charge in [-0.3, -0.25) is 4.99 Å². The zero-order valence-corrected chi connectivity index (χ0v) is 15.0. The molecule has 0 bridgehead atoms. The van der Waals surface area contributed by atoms with Crippen molar-refractivity contribution in [3.05, 3.63) is 23.9 Å². The van der Waals surface area contributed by atoms with E-state index in [4.69, 9.17) is 4.74 Å². The van der Waals surface area contributed by atoms with Gasteiger partial charge in [0.05, 0.1) is 6.10 Å². The summed E-state index contributed by atoms with van der Waals surface area (Å²) in [5, 5.41) is 3.45. The molecule has 1 aromatic heterocycles. The number of aliphatic imine (C=N–C) groups is 1. The third-order valence-corrected chi connectivity index (χ3v) is 3.98. The molecule has 2 unspecified atom stereocenters. The quantitative estimate of drug-likeness (QED) is 0.685. The van der Waals surface area contributed by atoms with Gasteiger partial charge in [-0.25, -0.2) is 4.98 Å². The fourth-order valence-corrected chi connectivity index (χ4v) is 3.18. The number of hydrogen-bond donors (Lipinski definition) is 1. The van der Waals surface area contributed by atoms with Crippen molar-refractivity contribution in [1.29, 1.82) is 0 Å². The molecule has 1 N–H and O–H groups in total. The number of hydrogen-bond acceptors (Lipinski definition) is 3. The van der Waals surface area contributed by atoms with Gasteiger partial charge in [0.1, 0.15) is 0 Å². The maximum atomic E-state index is 5.57. The Kier molecular flexibility index (Phi) is 6.25. The largest absolute Gasteiger partial charge is 0.475 e. The third kappa shape index (κ3) is 5.41. The van der Waals surface area contributed by atoms with Crippen molar-refractivity contribution in [2.24, 2.45) is 16.8 Å².